The number of ether oxygens (including phenoxy) is 2. The molecule has 8 atom stereocenters. The fourth-order valence-corrected chi connectivity index (χ4v) is 8.57. The van der Waals surface area contributed by atoms with Crippen molar-refractivity contribution in [2.24, 2.45) is 40.4 Å². The van der Waals surface area contributed by atoms with Gasteiger partial charge < -0.3 is 9.47 Å². The summed E-state index contributed by atoms with van der Waals surface area (Å²) in [7, 11) is 1.85. The second kappa shape index (κ2) is 7.41. The molecule has 0 aromatic rings. The Balaban J connectivity index is 1.59. The Hall–Kier alpha value is -0.900. The normalized spacial score (nSPS) is 47.6. The molecular weight excluding hydrogens is 352 g/mol. The van der Waals surface area contributed by atoms with E-state index in [1.807, 2.05) is 14.0 Å². The van der Waals surface area contributed by atoms with Crippen molar-refractivity contribution in [3.05, 3.63) is 0 Å². The fourth-order valence-electron chi connectivity index (χ4n) is 8.57. The van der Waals surface area contributed by atoms with Crippen molar-refractivity contribution >= 4 is 11.8 Å². The number of esters is 1. The number of hydrogen-bond acceptors (Lipinski definition) is 4. The minimum atomic E-state index is -0.146. The van der Waals surface area contributed by atoms with E-state index in [9.17, 15) is 9.59 Å². The Bertz CT molecular complexity index is 630. The third kappa shape index (κ3) is 3.05. The molecule has 0 aliphatic heterocycles. The van der Waals surface area contributed by atoms with Gasteiger partial charge in [-0.25, -0.2) is 0 Å². The molecule has 0 aromatic heterocycles. The summed E-state index contributed by atoms with van der Waals surface area (Å²) in [4.78, 5) is 23.8. The lowest BCUT2D eigenvalue weighted by Gasteiger charge is -2.61. The number of carbonyl (C=O) groups excluding carboxylic acids is 2. The van der Waals surface area contributed by atoms with Gasteiger partial charge in [0.2, 0.25) is 0 Å². The van der Waals surface area contributed by atoms with Crippen LogP contribution in [-0.2, 0) is 19.1 Å². The minimum absolute atomic E-state index is 0.0893. The Morgan fingerprint density at radius 1 is 0.964 bits per heavy atom. The predicted octanol–water partition coefficient (Wildman–Crippen LogP) is 4.79. The van der Waals surface area contributed by atoms with Crippen LogP contribution in [0.4, 0.5) is 0 Å². The summed E-state index contributed by atoms with van der Waals surface area (Å²) in [6.07, 6.45) is 10.4. The van der Waals surface area contributed by atoms with E-state index in [0.29, 0.717) is 23.5 Å². The second-order valence-corrected chi connectivity index (χ2v) is 10.6. The van der Waals surface area contributed by atoms with Gasteiger partial charge >= 0.3 is 5.97 Å². The number of carbonyl (C=O) groups is 2. The lowest BCUT2D eigenvalue weighted by molar-refractivity contribution is -0.173. The van der Waals surface area contributed by atoms with Crippen LogP contribution in [0.5, 0.6) is 0 Å². The molecule has 4 rings (SSSR count). The molecule has 2 unspecified atom stereocenters. The zero-order chi connectivity index (χ0) is 20.1. The fraction of sp³-hybridized carbons (Fsp3) is 0.917. The van der Waals surface area contributed by atoms with E-state index in [4.69, 9.17) is 9.47 Å². The number of fused-ring (bicyclic) bond motifs is 5. The highest BCUT2D eigenvalue weighted by atomic mass is 16.5. The number of ketones is 1. The lowest BCUT2D eigenvalue weighted by Crippen LogP contribution is -2.57. The molecule has 0 heterocycles. The van der Waals surface area contributed by atoms with Crippen molar-refractivity contribution in [1.29, 1.82) is 0 Å². The van der Waals surface area contributed by atoms with Crippen molar-refractivity contribution in [3.63, 3.8) is 0 Å². The quantitative estimate of drug-likeness (QED) is 0.648. The van der Waals surface area contributed by atoms with Gasteiger partial charge in [0.25, 0.3) is 0 Å². The van der Waals surface area contributed by atoms with E-state index in [1.54, 1.807) is 0 Å². The summed E-state index contributed by atoms with van der Waals surface area (Å²) >= 11 is 0. The van der Waals surface area contributed by atoms with Crippen molar-refractivity contribution in [2.75, 3.05) is 13.7 Å². The molecule has 0 radical (unpaired) electrons. The van der Waals surface area contributed by atoms with E-state index in [1.165, 1.54) is 39.0 Å². The lowest BCUT2D eigenvalue weighted by atomic mass is 9.44. The largest absolute Gasteiger partial charge is 0.463 e. The molecule has 4 aliphatic rings. The van der Waals surface area contributed by atoms with E-state index in [0.717, 1.165) is 38.2 Å². The van der Waals surface area contributed by atoms with Gasteiger partial charge in [-0.05, 0) is 99.2 Å². The zero-order valence-corrected chi connectivity index (χ0v) is 18.2. The summed E-state index contributed by atoms with van der Waals surface area (Å²) in [5.74, 6) is 3.27. The van der Waals surface area contributed by atoms with Gasteiger partial charge in [-0.1, -0.05) is 6.92 Å². The minimum Gasteiger partial charge on any atom is -0.463 e. The summed E-state index contributed by atoms with van der Waals surface area (Å²) in [6, 6.07) is 0. The molecule has 4 nitrogen and oxygen atoms in total. The van der Waals surface area contributed by atoms with Crippen molar-refractivity contribution in [1.82, 2.24) is 0 Å². The average molecular weight is 391 g/mol. The number of Topliss-reactive ketones (excluding diaryl/α,β-unsaturated/α-hetero) is 1. The van der Waals surface area contributed by atoms with E-state index >= 15 is 0 Å². The summed E-state index contributed by atoms with van der Waals surface area (Å²) < 4.78 is 11.4. The monoisotopic (exact) mass is 390 g/mol. The molecule has 28 heavy (non-hydrogen) atoms. The Morgan fingerprint density at radius 2 is 1.75 bits per heavy atom. The third-order valence-electron chi connectivity index (χ3n) is 9.55. The highest BCUT2D eigenvalue weighted by Crippen LogP contribution is 2.67. The van der Waals surface area contributed by atoms with E-state index < -0.39 is 0 Å². The predicted molar refractivity (Wildman–Crippen MR) is 108 cm³/mol. The first-order chi connectivity index (χ1) is 13.3. The van der Waals surface area contributed by atoms with Gasteiger partial charge in [0.05, 0.1) is 6.61 Å². The topological polar surface area (TPSA) is 52.6 Å². The summed E-state index contributed by atoms with van der Waals surface area (Å²) in [6.45, 7) is 6.59. The zero-order valence-electron chi connectivity index (χ0n) is 18.2. The molecule has 0 amide bonds. The molecule has 158 valence electrons. The Morgan fingerprint density at radius 3 is 2.43 bits per heavy atom. The second-order valence-electron chi connectivity index (χ2n) is 10.6. The van der Waals surface area contributed by atoms with Crippen molar-refractivity contribution < 1.29 is 19.1 Å². The van der Waals surface area contributed by atoms with Gasteiger partial charge in [0.1, 0.15) is 11.9 Å². The first-order valence-corrected chi connectivity index (χ1v) is 11.5. The van der Waals surface area contributed by atoms with Gasteiger partial charge in [-0.3, -0.25) is 9.59 Å². The highest BCUT2D eigenvalue weighted by Gasteiger charge is 2.62. The van der Waals surface area contributed by atoms with Crippen LogP contribution in [-0.4, -0.2) is 31.6 Å². The molecule has 4 saturated carbocycles. The van der Waals surface area contributed by atoms with Crippen LogP contribution in [0, 0.1) is 40.4 Å². The number of hydrogen-bond donors (Lipinski definition) is 0. The maximum Gasteiger partial charge on any atom is 0.302 e. The molecule has 0 saturated heterocycles. The molecular formula is C24H38O4. The van der Waals surface area contributed by atoms with E-state index in [-0.39, 0.29) is 28.8 Å². The first kappa shape index (κ1) is 20.4. The van der Waals surface area contributed by atoms with Crippen LogP contribution in [0.25, 0.3) is 0 Å². The average Bonchev–Trinajstić information content (AvgIpc) is 2.99. The molecule has 0 bridgehead atoms. The maximum atomic E-state index is 12.3. The van der Waals surface area contributed by atoms with Crippen LogP contribution in [0.15, 0.2) is 0 Å². The van der Waals surface area contributed by atoms with Gasteiger partial charge in [-0.15, -0.1) is 0 Å². The van der Waals surface area contributed by atoms with Gasteiger partial charge in [0, 0.05) is 20.0 Å². The van der Waals surface area contributed by atoms with Crippen LogP contribution < -0.4 is 0 Å². The Labute approximate surface area is 170 Å². The van der Waals surface area contributed by atoms with Crippen LogP contribution in [0.2, 0.25) is 0 Å². The van der Waals surface area contributed by atoms with Crippen LogP contribution in [0.3, 0.4) is 0 Å². The first-order valence-electron chi connectivity index (χ1n) is 11.5. The highest BCUT2D eigenvalue weighted by molar-refractivity contribution is 5.79. The Kier molecular flexibility index (Phi) is 5.39. The van der Waals surface area contributed by atoms with Crippen LogP contribution >= 0.6 is 0 Å². The van der Waals surface area contributed by atoms with Crippen molar-refractivity contribution in [2.45, 2.75) is 84.7 Å². The summed E-state index contributed by atoms with van der Waals surface area (Å²) in [5.41, 5.74) is 0.451. The SMILES string of the molecule is COC[C@]12CCC(OC(C)=O)CC1CC[C@@H]1[C@@H]2CC[C@]2(C)[C@@H](C(C)=O)CC[C@@H]12. The molecule has 0 aromatic carbocycles. The molecule has 0 N–H and O–H groups in total. The number of rotatable bonds is 4. The maximum absolute atomic E-state index is 12.3. The number of methoxy groups -OCH3 is 1. The molecule has 4 fully saturated rings. The van der Waals surface area contributed by atoms with Gasteiger partial charge in [0.15, 0.2) is 0 Å². The standard InChI is InChI=1S/C24H38O4/c1-15(25)20-7-8-21-19-6-5-17-13-18(28-16(2)26)9-12-24(17,14-27-4)22(19)10-11-23(20,21)3/h17-22H,5-14H2,1-4H3/t17?,18?,19-,20+,21-,22-,23+,24+/m0/s1. The van der Waals surface area contributed by atoms with Crippen LogP contribution in [0.1, 0.15) is 78.6 Å². The van der Waals surface area contributed by atoms with Crippen molar-refractivity contribution in [3.8, 4) is 0 Å². The molecule has 4 heteroatoms. The molecule has 0 spiro atoms. The third-order valence-corrected chi connectivity index (χ3v) is 9.55. The van der Waals surface area contributed by atoms with E-state index in [2.05, 4.69) is 6.92 Å². The smallest absolute Gasteiger partial charge is 0.302 e. The molecule has 4 aliphatic carbocycles. The summed E-state index contributed by atoms with van der Waals surface area (Å²) in [5, 5.41) is 0. The van der Waals surface area contributed by atoms with Gasteiger partial charge in [-0.2, -0.15) is 0 Å².